The Morgan fingerprint density at radius 3 is 3.00 bits per heavy atom. The van der Waals surface area contributed by atoms with Crippen molar-refractivity contribution in [2.24, 2.45) is 5.92 Å². The van der Waals surface area contributed by atoms with Crippen LogP contribution in [0.15, 0.2) is 23.1 Å². The smallest absolute Gasteiger partial charge is 0.322 e. The van der Waals surface area contributed by atoms with Crippen LogP contribution in [-0.2, 0) is 0 Å². The highest BCUT2D eigenvalue weighted by Crippen LogP contribution is 2.18. The largest absolute Gasteiger partial charge is 0.481 e. The number of fused-ring (bicyclic) bond motifs is 1. The summed E-state index contributed by atoms with van der Waals surface area (Å²) >= 11 is 0. The predicted octanol–water partition coefficient (Wildman–Crippen LogP) is 1.17. The lowest BCUT2D eigenvalue weighted by molar-refractivity contribution is 0.0506. The number of pyridine rings is 2. The molecule has 0 spiro atoms. The van der Waals surface area contributed by atoms with Crippen molar-refractivity contribution in [3.63, 3.8) is 0 Å². The molecule has 128 valence electrons. The van der Waals surface area contributed by atoms with Crippen LogP contribution in [0.1, 0.15) is 13.3 Å². The number of piperidine rings is 1. The number of hydrogen-bond acceptors (Lipinski definition) is 5. The minimum atomic E-state index is -0.394. The molecule has 3 rings (SSSR count). The van der Waals surface area contributed by atoms with Crippen LogP contribution in [0.2, 0.25) is 0 Å². The summed E-state index contributed by atoms with van der Waals surface area (Å²) < 4.78 is 5.03. The van der Waals surface area contributed by atoms with Crippen LogP contribution in [0.25, 0.3) is 11.0 Å². The molecule has 1 aliphatic heterocycles. The number of aromatic nitrogens is 2. The lowest BCUT2D eigenvalue weighted by Gasteiger charge is -2.34. The van der Waals surface area contributed by atoms with E-state index in [-0.39, 0.29) is 28.6 Å². The third kappa shape index (κ3) is 3.05. The number of amides is 2. The Morgan fingerprint density at radius 1 is 1.50 bits per heavy atom. The van der Waals surface area contributed by atoms with Gasteiger partial charge in [0.15, 0.2) is 0 Å². The predicted molar refractivity (Wildman–Crippen MR) is 89.3 cm³/mol. The standard InChI is InChI=1S/C16H20N4O4/c1-9-8-20(6-5-12(9)21)16(23)18-11-7-17-10-3-4-13(24-2)19-14(10)15(11)22/h3-4,7,9,12,21H,5-6,8H2,1-2H3,(H,17,22)(H,18,23)/t9-,12+/m1/s1. The second kappa shape index (κ2) is 6.48. The van der Waals surface area contributed by atoms with Gasteiger partial charge in [0.25, 0.3) is 0 Å². The topological polar surface area (TPSA) is 108 Å². The number of methoxy groups -OCH3 is 1. The summed E-state index contributed by atoms with van der Waals surface area (Å²) in [7, 11) is 1.47. The molecule has 2 aromatic rings. The average Bonchev–Trinajstić information content (AvgIpc) is 2.59. The van der Waals surface area contributed by atoms with Gasteiger partial charge in [-0.2, -0.15) is 0 Å². The first-order chi connectivity index (χ1) is 11.5. The van der Waals surface area contributed by atoms with Crippen LogP contribution < -0.4 is 15.5 Å². The number of likely N-dealkylation sites (tertiary alicyclic amines) is 1. The highest BCUT2D eigenvalue weighted by molar-refractivity contribution is 5.91. The SMILES string of the molecule is COc1ccc2[nH]cc(NC(=O)N3CC[C@H](O)[C@H](C)C3)c(=O)c2n1. The Hall–Kier alpha value is -2.61. The zero-order valence-corrected chi connectivity index (χ0v) is 13.6. The number of anilines is 1. The third-order valence-corrected chi connectivity index (χ3v) is 4.30. The van der Waals surface area contributed by atoms with E-state index in [1.165, 1.54) is 13.3 Å². The van der Waals surface area contributed by atoms with Gasteiger partial charge in [0.2, 0.25) is 11.3 Å². The van der Waals surface area contributed by atoms with Crippen LogP contribution in [0.5, 0.6) is 5.88 Å². The molecule has 0 bridgehead atoms. The van der Waals surface area contributed by atoms with Crippen molar-refractivity contribution in [1.29, 1.82) is 0 Å². The van der Waals surface area contributed by atoms with Crippen molar-refractivity contribution in [1.82, 2.24) is 14.9 Å². The molecule has 0 aromatic carbocycles. The number of aromatic amines is 1. The van der Waals surface area contributed by atoms with Crippen LogP contribution in [0, 0.1) is 5.92 Å². The number of rotatable bonds is 2. The average molecular weight is 332 g/mol. The number of hydrogen-bond donors (Lipinski definition) is 3. The molecule has 1 fully saturated rings. The second-order valence-electron chi connectivity index (χ2n) is 5.99. The van der Waals surface area contributed by atoms with E-state index in [9.17, 15) is 14.7 Å². The molecule has 2 atom stereocenters. The number of nitrogens with one attached hydrogen (secondary N) is 2. The van der Waals surface area contributed by atoms with Gasteiger partial charge in [0, 0.05) is 25.4 Å². The van der Waals surface area contributed by atoms with Gasteiger partial charge in [-0.3, -0.25) is 4.79 Å². The Labute approximate surface area is 138 Å². The maximum absolute atomic E-state index is 12.5. The van der Waals surface area contributed by atoms with Gasteiger partial charge in [0.05, 0.1) is 18.7 Å². The summed E-state index contributed by atoms with van der Waals surface area (Å²) in [4.78, 5) is 33.6. The van der Waals surface area contributed by atoms with Crippen LogP contribution in [0.3, 0.4) is 0 Å². The quantitative estimate of drug-likeness (QED) is 0.765. The van der Waals surface area contributed by atoms with Gasteiger partial charge >= 0.3 is 6.03 Å². The molecule has 8 heteroatoms. The highest BCUT2D eigenvalue weighted by Gasteiger charge is 2.27. The molecule has 3 N–H and O–H groups in total. The molecule has 0 unspecified atom stereocenters. The van der Waals surface area contributed by atoms with Crippen LogP contribution in [-0.4, -0.2) is 52.3 Å². The maximum Gasteiger partial charge on any atom is 0.322 e. The minimum Gasteiger partial charge on any atom is -0.481 e. The molecule has 0 saturated carbocycles. The molecule has 8 nitrogen and oxygen atoms in total. The number of carbonyl (C=O) groups excluding carboxylic acids is 1. The first kappa shape index (κ1) is 16.3. The molecule has 3 heterocycles. The number of ether oxygens (including phenoxy) is 1. The monoisotopic (exact) mass is 332 g/mol. The van der Waals surface area contributed by atoms with Gasteiger partial charge in [-0.05, 0) is 18.4 Å². The van der Waals surface area contributed by atoms with E-state index in [1.54, 1.807) is 17.0 Å². The normalized spacial score (nSPS) is 20.9. The van der Waals surface area contributed by atoms with Gasteiger partial charge in [-0.1, -0.05) is 6.92 Å². The Bertz CT molecular complexity index is 819. The molecule has 2 aromatic heterocycles. The highest BCUT2D eigenvalue weighted by atomic mass is 16.5. The van der Waals surface area contributed by atoms with E-state index in [4.69, 9.17) is 4.74 Å². The number of carbonyl (C=O) groups is 1. The number of H-pyrrole nitrogens is 1. The van der Waals surface area contributed by atoms with Gasteiger partial charge in [0.1, 0.15) is 11.2 Å². The van der Waals surface area contributed by atoms with E-state index in [0.29, 0.717) is 30.9 Å². The maximum atomic E-state index is 12.5. The van der Waals surface area contributed by atoms with E-state index in [0.717, 1.165) is 0 Å². The summed E-state index contributed by atoms with van der Waals surface area (Å²) in [6.45, 7) is 2.79. The van der Waals surface area contributed by atoms with E-state index >= 15 is 0 Å². The lowest BCUT2D eigenvalue weighted by atomic mass is 9.97. The second-order valence-corrected chi connectivity index (χ2v) is 5.99. The van der Waals surface area contributed by atoms with Crippen molar-refractivity contribution in [2.45, 2.75) is 19.4 Å². The van der Waals surface area contributed by atoms with E-state index in [1.807, 2.05) is 6.92 Å². The third-order valence-electron chi connectivity index (χ3n) is 4.30. The Morgan fingerprint density at radius 2 is 2.29 bits per heavy atom. The van der Waals surface area contributed by atoms with Crippen molar-refractivity contribution in [2.75, 3.05) is 25.5 Å². The molecule has 0 radical (unpaired) electrons. The molecule has 2 amide bonds. The summed E-state index contributed by atoms with van der Waals surface area (Å²) in [6, 6.07) is 2.99. The van der Waals surface area contributed by atoms with E-state index < -0.39 is 6.10 Å². The Kier molecular flexibility index (Phi) is 4.39. The first-order valence-corrected chi connectivity index (χ1v) is 7.80. The van der Waals surface area contributed by atoms with Crippen LogP contribution in [0.4, 0.5) is 10.5 Å². The van der Waals surface area contributed by atoms with Crippen molar-refractivity contribution < 1.29 is 14.6 Å². The van der Waals surface area contributed by atoms with E-state index in [2.05, 4.69) is 15.3 Å². The van der Waals surface area contributed by atoms with Gasteiger partial charge in [-0.25, -0.2) is 9.78 Å². The fourth-order valence-corrected chi connectivity index (χ4v) is 2.79. The molecule has 1 aliphatic rings. The number of nitrogens with zero attached hydrogens (tertiary/aromatic N) is 2. The lowest BCUT2D eigenvalue weighted by Crippen LogP contribution is -2.47. The Balaban J connectivity index is 1.83. The zero-order chi connectivity index (χ0) is 17.3. The fourth-order valence-electron chi connectivity index (χ4n) is 2.79. The fraction of sp³-hybridized carbons (Fsp3) is 0.438. The minimum absolute atomic E-state index is 0.00492. The summed E-state index contributed by atoms with van der Waals surface area (Å²) in [5.41, 5.74) is 0.524. The van der Waals surface area contributed by atoms with Crippen molar-refractivity contribution in [3.8, 4) is 5.88 Å². The zero-order valence-electron chi connectivity index (χ0n) is 13.6. The van der Waals surface area contributed by atoms with Crippen LogP contribution >= 0.6 is 0 Å². The molecule has 1 saturated heterocycles. The summed E-state index contributed by atoms with van der Waals surface area (Å²) in [5, 5.41) is 12.4. The number of aliphatic hydroxyl groups excluding tert-OH is 1. The van der Waals surface area contributed by atoms with Crippen molar-refractivity contribution in [3.05, 3.63) is 28.6 Å². The molecule has 0 aliphatic carbocycles. The summed E-state index contributed by atoms with van der Waals surface area (Å²) in [5.74, 6) is 0.334. The van der Waals surface area contributed by atoms with Gasteiger partial charge in [-0.15, -0.1) is 0 Å². The summed E-state index contributed by atoms with van der Waals surface area (Å²) in [6.07, 6.45) is 1.59. The van der Waals surface area contributed by atoms with Crippen molar-refractivity contribution >= 4 is 22.8 Å². The first-order valence-electron chi connectivity index (χ1n) is 7.80. The molecular weight excluding hydrogens is 312 g/mol. The number of aliphatic hydroxyl groups is 1. The molecule has 24 heavy (non-hydrogen) atoms. The number of urea groups is 1. The van der Waals surface area contributed by atoms with Gasteiger partial charge < -0.3 is 25.0 Å². The molecular formula is C16H20N4O4.